The maximum atomic E-state index is 13.0. The first-order valence-electron chi connectivity index (χ1n) is 12.0. The van der Waals surface area contributed by atoms with Crippen LogP contribution in [0.1, 0.15) is 65.0 Å². The number of rotatable bonds is 7. The number of nitrogens with zero attached hydrogens (tertiary/aromatic N) is 4. The number of hydrogen-bond donors (Lipinski definition) is 2. The van der Waals surface area contributed by atoms with E-state index >= 15 is 0 Å². The number of nitrogen functional groups attached to an aromatic ring is 1. The second-order valence-electron chi connectivity index (χ2n) is 10.0. The topological polar surface area (TPSA) is 103 Å². The average molecular weight is 523 g/mol. The summed E-state index contributed by atoms with van der Waals surface area (Å²) in [7, 11) is 0. The van der Waals surface area contributed by atoms with Gasteiger partial charge in [0.2, 0.25) is 0 Å². The smallest absolute Gasteiger partial charge is 0.147 e. The molecule has 2 fully saturated rings. The van der Waals surface area contributed by atoms with Crippen LogP contribution >= 0.6 is 23.4 Å². The van der Waals surface area contributed by atoms with Crippen molar-refractivity contribution in [2.75, 3.05) is 23.7 Å². The fraction of sp³-hybridized carbons (Fsp3) is 0.625. The van der Waals surface area contributed by atoms with Gasteiger partial charge in [0.15, 0.2) is 0 Å². The molecule has 2 aromatic rings. The molecule has 34 heavy (non-hydrogen) atoms. The predicted octanol–water partition coefficient (Wildman–Crippen LogP) is 5.15. The monoisotopic (exact) mass is 522 g/mol. The number of aromatic nitrogens is 3. The van der Waals surface area contributed by atoms with E-state index in [0.717, 1.165) is 60.2 Å². The molecule has 3 N–H and O–H groups in total. The first-order chi connectivity index (χ1) is 16.1. The zero-order chi connectivity index (χ0) is 24.5. The molecule has 0 aromatic carbocycles. The Morgan fingerprint density at radius 1 is 1.32 bits per heavy atom. The minimum atomic E-state index is -1.03. The lowest BCUT2D eigenvalue weighted by Gasteiger charge is -2.44. The molecule has 186 valence electrons. The highest BCUT2D eigenvalue weighted by molar-refractivity contribution is 7.99. The van der Waals surface area contributed by atoms with Crippen LogP contribution in [0.25, 0.3) is 0 Å². The summed E-state index contributed by atoms with van der Waals surface area (Å²) < 4.78 is 16.3. The minimum absolute atomic E-state index is 0.205. The predicted molar refractivity (Wildman–Crippen MR) is 142 cm³/mol. The van der Waals surface area contributed by atoms with Crippen molar-refractivity contribution in [3.63, 3.8) is 0 Å². The van der Waals surface area contributed by atoms with E-state index in [1.807, 2.05) is 19.2 Å². The molecule has 1 saturated heterocycles. The highest BCUT2D eigenvalue weighted by Gasteiger charge is 2.48. The van der Waals surface area contributed by atoms with Gasteiger partial charge in [0, 0.05) is 35.5 Å². The van der Waals surface area contributed by atoms with Gasteiger partial charge in [-0.2, -0.15) is 0 Å². The highest BCUT2D eigenvalue weighted by atomic mass is 35.5. The summed E-state index contributed by atoms with van der Waals surface area (Å²) in [4.78, 5) is 16.7. The molecule has 10 heteroatoms. The van der Waals surface area contributed by atoms with E-state index in [4.69, 9.17) is 22.3 Å². The van der Waals surface area contributed by atoms with E-state index in [1.54, 1.807) is 6.20 Å². The molecule has 4 rings (SSSR count). The average Bonchev–Trinajstić information content (AvgIpc) is 3.19. The van der Waals surface area contributed by atoms with Gasteiger partial charge in [-0.15, -0.1) is 4.72 Å². The molecule has 0 amide bonds. The number of anilines is 2. The van der Waals surface area contributed by atoms with Crippen LogP contribution in [0.15, 0.2) is 28.4 Å². The molecule has 7 nitrogen and oxygen atoms in total. The maximum Gasteiger partial charge on any atom is 0.147 e. The Balaban J connectivity index is 1.41. The third-order valence-electron chi connectivity index (χ3n) is 7.57. The molecule has 2 aliphatic rings. The van der Waals surface area contributed by atoms with Crippen molar-refractivity contribution in [1.29, 1.82) is 0 Å². The van der Waals surface area contributed by atoms with Crippen molar-refractivity contribution in [2.45, 2.75) is 86.9 Å². The molecule has 3 heterocycles. The van der Waals surface area contributed by atoms with Gasteiger partial charge >= 0.3 is 0 Å². The van der Waals surface area contributed by atoms with Gasteiger partial charge in [-0.3, -0.25) is 0 Å². The van der Waals surface area contributed by atoms with E-state index in [2.05, 4.69) is 40.4 Å². The van der Waals surface area contributed by atoms with Gasteiger partial charge in [-0.05, 0) is 64.4 Å². The number of halogens is 1. The van der Waals surface area contributed by atoms with Gasteiger partial charge < -0.3 is 15.2 Å². The minimum Gasteiger partial charge on any atom is -0.598 e. The first kappa shape index (κ1) is 25.8. The normalized spacial score (nSPS) is 21.2. The largest absolute Gasteiger partial charge is 0.598 e. The fourth-order valence-electron chi connectivity index (χ4n) is 4.86. The zero-order valence-corrected chi connectivity index (χ0v) is 22.8. The van der Waals surface area contributed by atoms with E-state index in [1.165, 1.54) is 24.6 Å². The fourth-order valence-corrected chi connectivity index (χ4v) is 7.12. The van der Waals surface area contributed by atoms with Crippen molar-refractivity contribution < 1.29 is 4.55 Å². The molecule has 0 radical (unpaired) electrons. The molecule has 2 atom stereocenters. The SMILES string of the molecule is CCC(C)(C)[S@@+]([O-])N[C@@H]1CCCC12CCN(c1cnc(Sc3ccnc(N)c3Cl)c(C)n1)CC2. The van der Waals surface area contributed by atoms with Gasteiger partial charge in [0.05, 0.1) is 23.0 Å². The van der Waals surface area contributed by atoms with Crippen LogP contribution in [0.3, 0.4) is 0 Å². The number of aryl methyl sites for hydroxylation is 1. The van der Waals surface area contributed by atoms with Crippen LogP contribution in [0.2, 0.25) is 5.02 Å². The van der Waals surface area contributed by atoms with Crippen LogP contribution in [-0.2, 0) is 11.4 Å². The van der Waals surface area contributed by atoms with Crippen molar-refractivity contribution >= 4 is 46.4 Å². The van der Waals surface area contributed by atoms with E-state index in [9.17, 15) is 4.55 Å². The van der Waals surface area contributed by atoms with Gasteiger partial charge in [0.1, 0.15) is 21.4 Å². The van der Waals surface area contributed by atoms with Crippen LogP contribution in [0.5, 0.6) is 0 Å². The van der Waals surface area contributed by atoms with Crippen LogP contribution in [-0.4, -0.2) is 43.4 Å². The third kappa shape index (κ3) is 5.28. The summed E-state index contributed by atoms with van der Waals surface area (Å²) in [5.74, 6) is 1.23. The second-order valence-corrected chi connectivity index (χ2v) is 13.3. The Morgan fingerprint density at radius 3 is 2.74 bits per heavy atom. The molecule has 2 aromatic heterocycles. The molecule has 1 saturated carbocycles. The lowest BCUT2D eigenvalue weighted by molar-refractivity contribution is 0.186. The van der Waals surface area contributed by atoms with Crippen molar-refractivity contribution in [2.24, 2.45) is 5.41 Å². The maximum absolute atomic E-state index is 13.0. The molecule has 0 bridgehead atoms. The number of pyridine rings is 1. The first-order valence-corrected chi connectivity index (χ1v) is 14.3. The molecule has 0 unspecified atom stereocenters. The summed E-state index contributed by atoms with van der Waals surface area (Å²) in [6.07, 6.45) is 10.1. The van der Waals surface area contributed by atoms with E-state index in [-0.39, 0.29) is 10.2 Å². The molecule has 1 spiro atoms. The Hall–Kier alpha value is -1.26. The molecule has 1 aliphatic heterocycles. The lowest BCUT2D eigenvalue weighted by Crippen LogP contribution is -2.53. The Morgan fingerprint density at radius 2 is 2.06 bits per heavy atom. The van der Waals surface area contributed by atoms with Crippen LogP contribution in [0.4, 0.5) is 11.6 Å². The molecule has 1 aliphatic carbocycles. The third-order valence-corrected chi connectivity index (χ3v) is 11.0. The van der Waals surface area contributed by atoms with Crippen molar-refractivity contribution in [3.05, 3.63) is 29.2 Å². The summed E-state index contributed by atoms with van der Waals surface area (Å²) >= 11 is 6.72. The number of nitrogens with one attached hydrogen (secondary N) is 1. The second kappa shape index (κ2) is 10.4. The molecular weight excluding hydrogens is 488 g/mol. The van der Waals surface area contributed by atoms with Crippen molar-refractivity contribution in [1.82, 2.24) is 19.7 Å². The van der Waals surface area contributed by atoms with Crippen LogP contribution in [0, 0.1) is 12.3 Å². The number of piperidine rings is 1. The number of hydrogen-bond acceptors (Lipinski definition) is 8. The summed E-state index contributed by atoms with van der Waals surface area (Å²) in [5.41, 5.74) is 6.92. The number of nitrogens with two attached hydrogens (primary N) is 1. The summed E-state index contributed by atoms with van der Waals surface area (Å²) in [6.45, 7) is 10.1. The van der Waals surface area contributed by atoms with Gasteiger partial charge in [-0.25, -0.2) is 15.0 Å². The highest BCUT2D eigenvalue weighted by Crippen LogP contribution is 2.47. The zero-order valence-electron chi connectivity index (χ0n) is 20.4. The van der Waals surface area contributed by atoms with Crippen LogP contribution < -0.4 is 15.4 Å². The summed E-state index contributed by atoms with van der Waals surface area (Å²) in [6, 6.07) is 2.16. The lowest BCUT2D eigenvalue weighted by atomic mass is 9.74. The summed E-state index contributed by atoms with van der Waals surface area (Å²) in [5, 5.41) is 1.26. The Labute approximate surface area is 215 Å². The van der Waals surface area contributed by atoms with E-state index in [0.29, 0.717) is 16.9 Å². The quantitative estimate of drug-likeness (QED) is 0.481. The standard InChI is InChI=1S/C24H35ClN6OS2/c1-5-23(3,4)34(32)30-18-7-6-9-24(18)10-13-31(14-11-24)19-15-28-22(16(2)29-19)33-17-8-12-27-21(26)20(17)25/h8,12,15,18,30H,5-7,9-11,13-14H2,1-4H3,(H2,26,27)/t18-,34-/m1/s1. The Kier molecular flexibility index (Phi) is 7.89. The van der Waals surface area contributed by atoms with Gasteiger partial charge in [-0.1, -0.05) is 36.7 Å². The Bertz CT molecular complexity index is 1010. The molecular formula is C24H35ClN6OS2. The van der Waals surface area contributed by atoms with E-state index < -0.39 is 11.4 Å². The van der Waals surface area contributed by atoms with Gasteiger partial charge in [0.25, 0.3) is 0 Å². The van der Waals surface area contributed by atoms with Crippen molar-refractivity contribution in [3.8, 4) is 0 Å².